The van der Waals surface area contributed by atoms with Crippen LogP contribution < -0.4 is 16.0 Å². The van der Waals surface area contributed by atoms with Gasteiger partial charge in [0, 0.05) is 47.7 Å². The summed E-state index contributed by atoms with van der Waals surface area (Å²) in [5.74, 6) is -0.695. The summed E-state index contributed by atoms with van der Waals surface area (Å²) in [7, 11) is 3.32. The fourth-order valence-corrected chi connectivity index (χ4v) is 5.40. The molecular weight excluding hydrogens is 474 g/mol. The zero-order chi connectivity index (χ0) is 25.6. The Kier molecular flexibility index (Phi) is 5.93. The third-order valence-corrected chi connectivity index (χ3v) is 7.24. The number of nitrogens with one attached hydrogen (secondary N) is 3. The Hall–Kier alpha value is -4.24. The Morgan fingerprint density at radius 1 is 1.19 bits per heavy atom. The number of nitrogens with zero attached hydrogens (tertiary/aromatic N) is 2. The molecule has 182 valence electrons. The molecule has 36 heavy (non-hydrogen) atoms. The molecule has 0 spiro atoms. The van der Waals surface area contributed by atoms with Crippen molar-refractivity contribution in [1.29, 1.82) is 0 Å². The second-order valence-electron chi connectivity index (χ2n) is 8.92. The third-order valence-electron chi connectivity index (χ3n) is 6.09. The lowest BCUT2D eigenvalue weighted by molar-refractivity contribution is -0.111. The maximum atomic E-state index is 12.7. The van der Waals surface area contributed by atoms with Crippen LogP contribution in [0.15, 0.2) is 55.1 Å². The monoisotopic (exact) mass is 499 g/mol. The maximum Gasteiger partial charge on any atom is 0.263 e. The van der Waals surface area contributed by atoms with Crippen molar-refractivity contribution in [3.05, 3.63) is 65.6 Å². The molecule has 3 amide bonds. The largest absolute Gasteiger partial charge is 0.381 e. The van der Waals surface area contributed by atoms with Crippen LogP contribution in [0.4, 0.5) is 11.4 Å². The van der Waals surface area contributed by atoms with Gasteiger partial charge in [-0.25, -0.2) is 4.98 Å². The second kappa shape index (κ2) is 9.09. The summed E-state index contributed by atoms with van der Waals surface area (Å²) in [4.78, 5) is 44.4. The fraction of sp³-hybridized carbons (Fsp3) is 0.185. The SMILES string of the molecule is C=CC(=O)Nc1cc(-c2ccc3c(ccc4sc5c(c43)NCC(C)NC5=O)n2)ccc1C(=O)N(C)C. The minimum Gasteiger partial charge on any atom is -0.381 e. The van der Waals surface area contributed by atoms with Crippen molar-refractivity contribution in [2.45, 2.75) is 13.0 Å². The number of fused-ring (bicyclic) bond motifs is 5. The zero-order valence-corrected chi connectivity index (χ0v) is 21.0. The number of rotatable bonds is 4. The van der Waals surface area contributed by atoms with Gasteiger partial charge >= 0.3 is 0 Å². The van der Waals surface area contributed by atoms with Gasteiger partial charge in [-0.3, -0.25) is 14.4 Å². The van der Waals surface area contributed by atoms with Crippen molar-refractivity contribution < 1.29 is 14.4 Å². The molecule has 8 nitrogen and oxygen atoms in total. The smallest absolute Gasteiger partial charge is 0.263 e. The number of amides is 3. The molecule has 1 atom stereocenters. The number of carbonyl (C=O) groups is 3. The van der Waals surface area contributed by atoms with Crippen LogP contribution in [0.1, 0.15) is 27.0 Å². The van der Waals surface area contributed by atoms with Crippen molar-refractivity contribution >= 4 is 61.4 Å². The van der Waals surface area contributed by atoms with Crippen LogP contribution in [-0.2, 0) is 4.79 Å². The number of hydrogen-bond acceptors (Lipinski definition) is 6. The predicted molar refractivity (Wildman–Crippen MR) is 145 cm³/mol. The van der Waals surface area contributed by atoms with Crippen LogP contribution in [0.5, 0.6) is 0 Å². The van der Waals surface area contributed by atoms with E-state index in [1.165, 1.54) is 16.2 Å². The number of benzene rings is 2. The summed E-state index contributed by atoms with van der Waals surface area (Å²) < 4.78 is 1.01. The van der Waals surface area contributed by atoms with Gasteiger partial charge in [0.1, 0.15) is 4.88 Å². The topological polar surface area (TPSA) is 103 Å². The van der Waals surface area contributed by atoms with Crippen LogP contribution in [0.3, 0.4) is 0 Å². The molecule has 3 N–H and O–H groups in total. The zero-order valence-electron chi connectivity index (χ0n) is 20.1. The van der Waals surface area contributed by atoms with Gasteiger partial charge in [0.15, 0.2) is 0 Å². The Morgan fingerprint density at radius 2 is 2.00 bits per heavy atom. The van der Waals surface area contributed by atoms with Gasteiger partial charge in [-0.05, 0) is 49.4 Å². The Bertz CT molecular complexity index is 1570. The lowest BCUT2D eigenvalue weighted by Gasteiger charge is -2.16. The van der Waals surface area contributed by atoms with Crippen molar-refractivity contribution in [1.82, 2.24) is 15.2 Å². The number of aromatic nitrogens is 1. The van der Waals surface area contributed by atoms with Crippen LogP contribution in [0.25, 0.3) is 32.2 Å². The molecule has 5 rings (SSSR count). The molecular formula is C27H25N5O3S. The Morgan fingerprint density at radius 3 is 2.75 bits per heavy atom. The number of thiophene rings is 1. The van der Waals surface area contributed by atoms with Crippen molar-refractivity contribution in [2.24, 2.45) is 0 Å². The third kappa shape index (κ3) is 4.07. The van der Waals surface area contributed by atoms with Crippen molar-refractivity contribution in [2.75, 3.05) is 31.3 Å². The summed E-state index contributed by atoms with van der Waals surface area (Å²) in [6.07, 6.45) is 1.16. The Labute approximate surface area is 212 Å². The molecule has 0 fully saturated rings. The molecule has 1 aliphatic heterocycles. The number of hydrogen-bond donors (Lipinski definition) is 3. The highest BCUT2D eigenvalue weighted by atomic mass is 32.1. The summed E-state index contributed by atoms with van der Waals surface area (Å²) >= 11 is 1.47. The van der Waals surface area contributed by atoms with E-state index in [9.17, 15) is 14.4 Å². The van der Waals surface area contributed by atoms with E-state index in [0.29, 0.717) is 28.4 Å². The lowest BCUT2D eigenvalue weighted by Crippen LogP contribution is -2.34. The summed E-state index contributed by atoms with van der Waals surface area (Å²) in [5.41, 5.74) is 3.84. The Balaban J connectivity index is 1.62. The second-order valence-corrected chi connectivity index (χ2v) is 9.97. The average molecular weight is 500 g/mol. The van der Waals surface area contributed by atoms with Crippen LogP contribution in [0.2, 0.25) is 0 Å². The molecule has 4 aromatic rings. The molecule has 0 saturated carbocycles. The summed E-state index contributed by atoms with van der Waals surface area (Å²) in [5, 5.41) is 11.1. The van der Waals surface area contributed by atoms with E-state index >= 15 is 0 Å². The molecule has 9 heteroatoms. The normalized spacial score (nSPS) is 15.0. The van der Waals surface area contributed by atoms with E-state index < -0.39 is 5.91 Å². The standard InChI is InChI=1S/C27H25N5O3S/c1-5-22(33)31-20-12-15(6-7-17(20)27(35)32(3)4)18-9-8-16-19(30-18)10-11-21-23(16)24-25(36-21)26(34)29-14(2)13-28-24/h5-12,14,28H,1,13H2,2-4H3,(H,29,34)(H,31,33). The summed E-state index contributed by atoms with van der Waals surface area (Å²) in [6, 6.07) is 13.1. The molecule has 2 aromatic carbocycles. The van der Waals surface area contributed by atoms with E-state index in [1.54, 1.807) is 26.2 Å². The highest BCUT2D eigenvalue weighted by Gasteiger charge is 2.25. The van der Waals surface area contributed by atoms with Crippen molar-refractivity contribution in [3.63, 3.8) is 0 Å². The first-order valence-electron chi connectivity index (χ1n) is 11.5. The van der Waals surface area contributed by atoms with Gasteiger partial charge in [-0.2, -0.15) is 0 Å². The van der Waals surface area contributed by atoms with Gasteiger partial charge < -0.3 is 20.9 Å². The highest BCUT2D eigenvalue weighted by Crippen LogP contribution is 2.41. The van der Waals surface area contributed by atoms with Crippen molar-refractivity contribution in [3.8, 4) is 11.3 Å². The molecule has 1 aliphatic rings. The molecule has 0 radical (unpaired) electrons. The van der Waals surface area contributed by atoms with Gasteiger partial charge in [0.05, 0.1) is 28.1 Å². The average Bonchev–Trinajstić information content (AvgIpc) is 3.19. The van der Waals surface area contributed by atoms with Gasteiger partial charge in [0.2, 0.25) is 5.91 Å². The molecule has 0 bridgehead atoms. The van der Waals surface area contributed by atoms with E-state index in [0.717, 1.165) is 38.3 Å². The number of carbonyl (C=O) groups excluding carboxylic acids is 3. The highest BCUT2D eigenvalue weighted by molar-refractivity contribution is 7.21. The van der Waals surface area contributed by atoms with Gasteiger partial charge in [-0.1, -0.05) is 12.6 Å². The molecule has 1 unspecified atom stereocenters. The van der Waals surface area contributed by atoms with Gasteiger partial charge in [0.25, 0.3) is 11.8 Å². The number of anilines is 2. The van der Waals surface area contributed by atoms with E-state index in [2.05, 4.69) is 22.5 Å². The first kappa shape index (κ1) is 23.5. The minimum absolute atomic E-state index is 0.0324. The molecule has 0 aliphatic carbocycles. The van der Waals surface area contributed by atoms with Crippen LogP contribution >= 0.6 is 11.3 Å². The minimum atomic E-state index is -0.405. The van der Waals surface area contributed by atoms with Gasteiger partial charge in [-0.15, -0.1) is 11.3 Å². The first-order valence-corrected chi connectivity index (χ1v) is 12.3. The molecule has 2 aromatic heterocycles. The lowest BCUT2D eigenvalue weighted by atomic mass is 10.0. The quantitative estimate of drug-likeness (QED) is 0.359. The summed E-state index contributed by atoms with van der Waals surface area (Å²) in [6.45, 7) is 6.11. The fourth-order valence-electron chi connectivity index (χ4n) is 4.30. The van der Waals surface area contributed by atoms with E-state index in [-0.39, 0.29) is 17.9 Å². The molecule has 3 heterocycles. The van der Waals surface area contributed by atoms with E-state index in [1.807, 2.05) is 37.3 Å². The first-order chi connectivity index (χ1) is 17.3. The maximum absolute atomic E-state index is 12.7. The van der Waals surface area contributed by atoms with Crippen LogP contribution in [0, 0.1) is 0 Å². The molecule has 0 saturated heterocycles. The van der Waals surface area contributed by atoms with Crippen LogP contribution in [-0.4, -0.2) is 54.3 Å². The van der Waals surface area contributed by atoms with E-state index in [4.69, 9.17) is 4.98 Å². The predicted octanol–water partition coefficient (Wildman–Crippen LogP) is 4.49. The number of pyridine rings is 1.